The molecule has 0 radical (unpaired) electrons. The van der Waals surface area contributed by atoms with Crippen molar-refractivity contribution in [1.29, 1.82) is 0 Å². The lowest BCUT2D eigenvalue weighted by atomic mass is 10.1. The third-order valence-electron chi connectivity index (χ3n) is 4.85. The Bertz CT molecular complexity index is 1080. The van der Waals surface area contributed by atoms with E-state index >= 15 is 0 Å². The topological polar surface area (TPSA) is 64.0 Å². The number of hydrogen-bond acceptors (Lipinski definition) is 4. The summed E-state index contributed by atoms with van der Waals surface area (Å²) in [5.41, 5.74) is 3.39. The minimum atomic E-state index is -0.0952. The molecule has 7 heteroatoms. The second-order valence-electron chi connectivity index (χ2n) is 7.11. The first-order valence-corrected chi connectivity index (χ1v) is 11.4. The normalized spacial score (nSPS) is 11.9. The van der Waals surface area contributed by atoms with Crippen LogP contribution in [-0.2, 0) is 18.3 Å². The van der Waals surface area contributed by atoms with Gasteiger partial charge < -0.3 is 5.32 Å². The van der Waals surface area contributed by atoms with Gasteiger partial charge in [0.25, 0.3) is 5.56 Å². The van der Waals surface area contributed by atoms with Crippen LogP contribution in [-0.4, -0.2) is 21.2 Å². The fraction of sp³-hybridized carbons (Fsp3) is 0.261. The quantitative estimate of drug-likeness (QED) is 0.397. The minimum Gasteiger partial charge on any atom is -0.349 e. The van der Waals surface area contributed by atoms with Gasteiger partial charge >= 0.3 is 0 Å². The number of carbonyl (C=O) groups is 1. The number of amides is 1. The molecule has 0 aliphatic rings. The van der Waals surface area contributed by atoms with Crippen molar-refractivity contribution in [3.8, 4) is 0 Å². The van der Waals surface area contributed by atoms with Gasteiger partial charge in [0.05, 0.1) is 11.8 Å². The molecule has 0 spiro atoms. The van der Waals surface area contributed by atoms with E-state index in [9.17, 15) is 9.59 Å². The van der Waals surface area contributed by atoms with Crippen LogP contribution in [0.15, 0.2) is 69.0 Å². The van der Waals surface area contributed by atoms with Gasteiger partial charge in [-0.15, -0.1) is 0 Å². The number of thioether (sulfide) groups is 1. The number of hydrogen-bond donors (Lipinski definition) is 1. The second-order valence-corrected chi connectivity index (χ2v) is 8.97. The molecule has 0 aliphatic carbocycles. The lowest BCUT2D eigenvalue weighted by Gasteiger charge is -2.15. The summed E-state index contributed by atoms with van der Waals surface area (Å²) in [6, 6.07) is 17.6. The molecule has 3 aromatic rings. The van der Waals surface area contributed by atoms with Crippen molar-refractivity contribution in [2.45, 2.75) is 31.5 Å². The van der Waals surface area contributed by atoms with Crippen LogP contribution in [0.5, 0.6) is 0 Å². The first-order valence-electron chi connectivity index (χ1n) is 9.63. The highest BCUT2D eigenvalue weighted by Crippen LogP contribution is 2.18. The smallest absolute Gasteiger partial charge is 0.257 e. The van der Waals surface area contributed by atoms with E-state index in [0.29, 0.717) is 22.8 Å². The van der Waals surface area contributed by atoms with E-state index in [1.807, 2.05) is 68.4 Å². The summed E-state index contributed by atoms with van der Waals surface area (Å²) in [6.45, 7) is 3.80. The Kier molecular flexibility index (Phi) is 7.50. The SMILES string of the molecule is Cc1nc(SCC(=O)NC(C)c2ccccc2)n(C)c(=O)c1Cc1ccc(Br)cc1. The molecule has 0 saturated carbocycles. The Morgan fingerprint density at radius 3 is 2.50 bits per heavy atom. The highest BCUT2D eigenvalue weighted by atomic mass is 79.9. The van der Waals surface area contributed by atoms with Crippen molar-refractivity contribution in [2.75, 3.05) is 5.75 Å². The molecule has 1 amide bonds. The van der Waals surface area contributed by atoms with Crippen molar-refractivity contribution in [3.05, 3.63) is 91.8 Å². The number of rotatable bonds is 7. The molecule has 156 valence electrons. The van der Waals surface area contributed by atoms with E-state index in [1.54, 1.807) is 7.05 Å². The van der Waals surface area contributed by atoms with Gasteiger partial charge in [0.1, 0.15) is 0 Å². The number of halogens is 1. The van der Waals surface area contributed by atoms with Crippen LogP contribution in [0, 0.1) is 6.92 Å². The summed E-state index contributed by atoms with van der Waals surface area (Å²) in [5.74, 6) is 0.102. The monoisotopic (exact) mass is 485 g/mol. The van der Waals surface area contributed by atoms with E-state index in [-0.39, 0.29) is 23.3 Å². The van der Waals surface area contributed by atoms with E-state index in [4.69, 9.17) is 0 Å². The lowest BCUT2D eigenvalue weighted by Crippen LogP contribution is -2.29. The lowest BCUT2D eigenvalue weighted by molar-refractivity contribution is -0.119. The molecule has 1 N–H and O–H groups in total. The number of carbonyl (C=O) groups excluding carboxylic acids is 1. The van der Waals surface area contributed by atoms with Gasteiger partial charge in [-0.3, -0.25) is 14.2 Å². The average molecular weight is 486 g/mol. The van der Waals surface area contributed by atoms with Crippen molar-refractivity contribution in [2.24, 2.45) is 7.05 Å². The van der Waals surface area contributed by atoms with Crippen LogP contribution in [0.1, 0.15) is 35.3 Å². The van der Waals surface area contributed by atoms with Crippen LogP contribution in [0.25, 0.3) is 0 Å². The summed E-state index contributed by atoms with van der Waals surface area (Å²) in [5, 5.41) is 3.53. The zero-order valence-electron chi connectivity index (χ0n) is 17.2. The van der Waals surface area contributed by atoms with Crippen LogP contribution >= 0.6 is 27.7 Å². The predicted molar refractivity (Wildman–Crippen MR) is 125 cm³/mol. The highest BCUT2D eigenvalue weighted by molar-refractivity contribution is 9.10. The maximum Gasteiger partial charge on any atom is 0.257 e. The first-order chi connectivity index (χ1) is 14.3. The molecule has 1 unspecified atom stereocenters. The van der Waals surface area contributed by atoms with Gasteiger partial charge in [0.2, 0.25) is 5.91 Å². The van der Waals surface area contributed by atoms with Gasteiger partial charge in [0, 0.05) is 29.2 Å². The largest absolute Gasteiger partial charge is 0.349 e. The van der Waals surface area contributed by atoms with Crippen molar-refractivity contribution in [1.82, 2.24) is 14.9 Å². The Hall–Kier alpha value is -2.38. The van der Waals surface area contributed by atoms with Gasteiger partial charge in [-0.1, -0.05) is 70.2 Å². The van der Waals surface area contributed by atoms with E-state index in [2.05, 4.69) is 26.2 Å². The second kappa shape index (κ2) is 10.1. The molecular formula is C23H24BrN3O2S. The van der Waals surface area contributed by atoms with E-state index in [1.165, 1.54) is 16.3 Å². The van der Waals surface area contributed by atoms with Gasteiger partial charge in [0.15, 0.2) is 5.16 Å². The fourth-order valence-corrected chi connectivity index (χ4v) is 4.19. The molecule has 0 fully saturated rings. The van der Waals surface area contributed by atoms with E-state index in [0.717, 1.165) is 15.6 Å². The Balaban J connectivity index is 1.67. The number of aromatic nitrogens is 2. The molecule has 1 heterocycles. The molecule has 0 bridgehead atoms. The van der Waals surface area contributed by atoms with Crippen LogP contribution < -0.4 is 10.9 Å². The first kappa shape index (κ1) is 22.3. The molecule has 3 rings (SSSR count). The van der Waals surface area contributed by atoms with Crippen molar-refractivity contribution < 1.29 is 4.79 Å². The van der Waals surface area contributed by atoms with E-state index < -0.39 is 0 Å². The predicted octanol–water partition coefficient (Wildman–Crippen LogP) is 4.41. The third-order valence-corrected chi connectivity index (χ3v) is 6.41. The molecular weight excluding hydrogens is 462 g/mol. The van der Waals surface area contributed by atoms with Crippen LogP contribution in [0.3, 0.4) is 0 Å². The van der Waals surface area contributed by atoms with Crippen molar-refractivity contribution in [3.63, 3.8) is 0 Å². The average Bonchev–Trinajstić information content (AvgIpc) is 2.74. The molecule has 2 aromatic carbocycles. The summed E-state index contributed by atoms with van der Waals surface area (Å²) in [4.78, 5) is 29.8. The molecule has 5 nitrogen and oxygen atoms in total. The van der Waals surface area contributed by atoms with Crippen LogP contribution in [0.4, 0.5) is 0 Å². The summed E-state index contributed by atoms with van der Waals surface area (Å²) < 4.78 is 2.53. The fourth-order valence-electron chi connectivity index (χ4n) is 3.11. The maximum absolute atomic E-state index is 12.9. The Morgan fingerprint density at radius 2 is 1.83 bits per heavy atom. The zero-order chi connectivity index (χ0) is 21.7. The molecule has 1 atom stereocenters. The number of nitrogens with one attached hydrogen (secondary N) is 1. The summed E-state index contributed by atoms with van der Waals surface area (Å²) in [6.07, 6.45) is 0.527. The minimum absolute atomic E-state index is 0.0777. The van der Waals surface area contributed by atoms with Gasteiger partial charge in [-0.05, 0) is 37.1 Å². The van der Waals surface area contributed by atoms with Crippen molar-refractivity contribution >= 4 is 33.6 Å². The maximum atomic E-state index is 12.9. The number of aryl methyl sites for hydroxylation is 1. The highest BCUT2D eigenvalue weighted by Gasteiger charge is 2.15. The van der Waals surface area contributed by atoms with Gasteiger partial charge in [-0.2, -0.15) is 0 Å². The number of benzene rings is 2. The molecule has 1 aromatic heterocycles. The zero-order valence-corrected chi connectivity index (χ0v) is 19.6. The summed E-state index contributed by atoms with van der Waals surface area (Å²) in [7, 11) is 1.70. The molecule has 0 saturated heterocycles. The summed E-state index contributed by atoms with van der Waals surface area (Å²) >= 11 is 4.70. The molecule has 30 heavy (non-hydrogen) atoms. The Labute approximate surface area is 189 Å². The Morgan fingerprint density at radius 1 is 1.17 bits per heavy atom. The van der Waals surface area contributed by atoms with Gasteiger partial charge in [-0.25, -0.2) is 4.98 Å². The van der Waals surface area contributed by atoms with Crippen LogP contribution in [0.2, 0.25) is 0 Å². The number of nitrogens with zero attached hydrogens (tertiary/aromatic N) is 2. The third kappa shape index (κ3) is 5.61. The standard InChI is InChI=1S/C23H24BrN3O2S/c1-15(18-7-5-4-6-8-18)25-21(28)14-30-23-26-16(2)20(22(29)27(23)3)13-17-9-11-19(24)12-10-17/h4-12,15H,13-14H2,1-3H3,(H,25,28). The molecule has 0 aliphatic heterocycles.